The summed E-state index contributed by atoms with van der Waals surface area (Å²) < 4.78 is 0. The van der Waals surface area contributed by atoms with Crippen LogP contribution in [0.3, 0.4) is 0 Å². The molecule has 0 atom stereocenters. The van der Waals surface area contributed by atoms with E-state index in [4.69, 9.17) is 12.2 Å². The van der Waals surface area contributed by atoms with Crippen molar-refractivity contribution in [1.82, 2.24) is 5.32 Å². The smallest absolute Gasteiger partial charge is 0.0792 e. The zero-order valence-corrected chi connectivity index (χ0v) is 10.8. The molecule has 0 saturated carbocycles. The summed E-state index contributed by atoms with van der Waals surface area (Å²) in [5.74, 6) is 0.417. The Morgan fingerprint density at radius 3 is 1.38 bits per heavy atom. The van der Waals surface area contributed by atoms with Gasteiger partial charge in [-0.1, -0.05) is 53.8 Å². The van der Waals surface area contributed by atoms with Gasteiger partial charge < -0.3 is 5.32 Å². The molecule has 0 aliphatic rings. The molecule has 0 unspecified atom stereocenters. The monoisotopic (exact) mass is 201 g/mol. The highest BCUT2D eigenvalue weighted by Crippen LogP contribution is 2.40. The van der Waals surface area contributed by atoms with E-state index in [1.165, 1.54) is 0 Å². The van der Waals surface area contributed by atoms with Crippen molar-refractivity contribution in [3.8, 4) is 0 Å². The molecule has 2 heteroatoms. The van der Waals surface area contributed by atoms with Gasteiger partial charge in [0, 0.05) is 13.0 Å². The number of hydrogen-bond donors (Lipinski definition) is 1. The fourth-order valence-electron chi connectivity index (χ4n) is 2.23. The van der Waals surface area contributed by atoms with Gasteiger partial charge in [0.2, 0.25) is 0 Å². The minimum atomic E-state index is 0.221. The third-order valence-electron chi connectivity index (χ3n) is 2.24. The van der Waals surface area contributed by atoms with Crippen molar-refractivity contribution < 1.29 is 0 Å². The molecule has 0 aromatic carbocycles. The molecule has 1 nitrogen and oxygen atoms in total. The van der Waals surface area contributed by atoms with E-state index >= 15 is 0 Å². The van der Waals surface area contributed by atoms with E-state index in [-0.39, 0.29) is 10.8 Å². The van der Waals surface area contributed by atoms with Crippen LogP contribution in [0.1, 0.15) is 41.5 Å². The molecule has 0 aromatic rings. The molecule has 0 fully saturated rings. The number of rotatable bonds is 1. The summed E-state index contributed by atoms with van der Waals surface area (Å²) in [6.07, 6.45) is 0. The summed E-state index contributed by atoms with van der Waals surface area (Å²) in [7, 11) is 1.91. The molecular weight excluding hydrogens is 178 g/mol. The molecule has 0 aromatic heterocycles. The number of nitrogens with one attached hydrogen (secondary N) is 1. The Labute approximate surface area is 88.3 Å². The average molecular weight is 201 g/mol. The molecule has 0 heterocycles. The molecule has 0 saturated heterocycles. The van der Waals surface area contributed by atoms with Crippen molar-refractivity contribution in [2.45, 2.75) is 41.5 Å². The van der Waals surface area contributed by atoms with E-state index in [0.29, 0.717) is 5.92 Å². The van der Waals surface area contributed by atoms with E-state index in [9.17, 15) is 0 Å². The standard InChI is InChI=1S/C11H23NS/c1-10(2,3)8(9(13)12-7)11(4,5)6/h8H,1-7H3,(H,12,13). The quantitative estimate of drug-likeness (QED) is 0.654. The van der Waals surface area contributed by atoms with Crippen LogP contribution in [-0.2, 0) is 0 Å². The Kier molecular flexibility index (Phi) is 3.92. The summed E-state index contributed by atoms with van der Waals surface area (Å²) in [5.41, 5.74) is 0.441. The van der Waals surface area contributed by atoms with Crippen molar-refractivity contribution in [3.63, 3.8) is 0 Å². The van der Waals surface area contributed by atoms with Crippen LogP contribution in [0.15, 0.2) is 0 Å². The number of hydrogen-bond acceptors (Lipinski definition) is 1. The Bertz CT molecular complexity index is 169. The fraction of sp³-hybridized carbons (Fsp3) is 0.909. The van der Waals surface area contributed by atoms with Crippen LogP contribution in [-0.4, -0.2) is 12.0 Å². The summed E-state index contributed by atoms with van der Waals surface area (Å²) >= 11 is 5.36. The Morgan fingerprint density at radius 1 is 1.00 bits per heavy atom. The SMILES string of the molecule is CNC(=S)C(C(C)(C)C)C(C)(C)C. The van der Waals surface area contributed by atoms with Crippen molar-refractivity contribution in [2.75, 3.05) is 7.05 Å². The van der Waals surface area contributed by atoms with Crippen LogP contribution < -0.4 is 5.32 Å². The second-order valence-electron chi connectivity index (χ2n) is 5.78. The van der Waals surface area contributed by atoms with E-state index in [0.717, 1.165) is 4.99 Å². The maximum atomic E-state index is 5.36. The van der Waals surface area contributed by atoms with Crippen LogP contribution >= 0.6 is 12.2 Å². The Balaban J connectivity index is 4.89. The highest BCUT2D eigenvalue weighted by molar-refractivity contribution is 7.80. The summed E-state index contributed by atoms with van der Waals surface area (Å²) in [5, 5.41) is 3.11. The van der Waals surface area contributed by atoms with Gasteiger partial charge in [-0.25, -0.2) is 0 Å². The highest BCUT2D eigenvalue weighted by Gasteiger charge is 2.37. The molecular formula is C11H23NS. The van der Waals surface area contributed by atoms with Crippen molar-refractivity contribution in [2.24, 2.45) is 16.7 Å². The molecule has 78 valence electrons. The minimum Gasteiger partial charge on any atom is -0.382 e. The van der Waals surface area contributed by atoms with Crippen LogP contribution in [0.4, 0.5) is 0 Å². The molecule has 0 rings (SSSR count). The zero-order chi connectivity index (χ0) is 10.9. The molecule has 0 spiro atoms. The molecule has 0 aliphatic heterocycles. The van der Waals surface area contributed by atoms with Gasteiger partial charge in [0.1, 0.15) is 0 Å². The van der Waals surface area contributed by atoms with E-state index in [1.807, 2.05) is 7.05 Å². The third-order valence-corrected chi connectivity index (χ3v) is 2.68. The highest BCUT2D eigenvalue weighted by atomic mass is 32.1. The maximum Gasteiger partial charge on any atom is 0.0792 e. The maximum absolute atomic E-state index is 5.36. The first-order valence-corrected chi connectivity index (χ1v) is 5.23. The van der Waals surface area contributed by atoms with Gasteiger partial charge in [0.15, 0.2) is 0 Å². The van der Waals surface area contributed by atoms with Crippen LogP contribution in [0.2, 0.25) is 0 Å². The summed E-state index contributed by atoms with van der Waals surface area (Å²) in [6.45, 7) is 13.5. The van der Waals surface area contributed by atoms with Crippen LogP contribution in [0.25, 0.3) is 0 Å². The lowest BCUT2D eigenvalue weighted by Gasteiger charge is -2.40. The molecule has 1 N–H and O–H groups in total. The largest absolute Gasteiger partial charge is 0.382 e. The number of thiocarbonyl (C=S) groups is 1. The molecule has 0 radical (unpaired) electrons. The first-order valence-electron chi connectivity index (χ1n) is 4.82. The van der Waals surface area contributed by atoms with Crippen molar-refractivity contribution in [1.29, 1.82) is 0 Å². The summed E-state index contributed by atoms with van der Waals surface area (Å²) in [6, 6.07) is 0. The normalized spacial score (nSPS) is 13.2. The second-order valence-corrected chi connectivity index (χ2v) is 6.22. The first-order chi connectivity index (χ1) is 5.60. The fourth-order valence-corrected chi connectivity index (χ4v) is 2.94. The molecule has 13 heavy (non-hydrogen) atoms. The van der Waals surface area contributed by atoms with Crippen molar-refractivity contribution in [3.05, 3.63) is 0 Å². The predicted molar refractivity (Wildman–Crippen MR) is 64.1 cm³/mol. The second kappa shape index (κ2) is 3.95. The Hall–Kier alpha value is -0.110. The lowest BCUT2D eigenvalue weighted by molar-refractivity contribution is 0.166. The van der Waals surface area contributed by atoms with E-state index < -0.39 is 0 Å². The average Bonchev–Trinajstić information content (AvgIpc) is 1.80. The van der Waals surface area contributed by atoms with Gasteiger partial charge in [-0.05, 0) is 10.8 Å². The van der Waals surface area contributed by atoms with Gasteiger partial charge in [-0.2, -0.15) is 0 Å². The van der Waals surface area contributed by atoms with Crippen LogP contribution in [0, 0.1) is 16.7 Å². The third kappa shape index (κ3) is 3.63. The first kappa shape index (κ1) is 12.9. The lowest BCUT2D eigenvalue weighted by atomic mass is 9.66. The molecule has 0 amide bonds. The molecule has 0 bridgehead atoms. The van der Waals surface area contributed by atoms with E-state index in [1.54, 1.807) is 0 Å². The topological polar surface area (TPSA) is 12.0 Å². The van der Waals surface area contributed by atoms with Gasteiger partial charge >= 0.3 is 0 Å². The minimum absolute atomic E-state index is 0.221. The van der Waals surface area contributed by atoms with Gasteiger partial charge in [0.05, 0.1) is 4.99 Å². The molecule has 0 aliphatic carbocycles. The lowest BCUT2D eigenvalue weighted by Crippen LogP contribution is -2.42. The zero-order valence-electron chi connectivity index (χ0n) is 9.99. The van der Waals surface area contributed by atoms with E-state index in [2.05, 4.69) is 46.9 Å². The summed E-state index contributed by atoms with van der Waals surface area (Å²) in [4.78, 5) is 0.972. The van der Waals surface area contributed by atoms with Gasteiger partial charge in [-0.3, -0.25) is 0 Å². The van der Waals surface area contributed by atoms with Crippen molar-refractivity contribution >= 4 is 17.2 Å². The van der Waals surface area contributed by atoms with Crippen LogP contribution in [0.5, 0.6) is 0 Å². The van der Waals surface area contributed by atoms with Gasteiger partial charge in [-0.15, -0.1) is 0 Å². The Morgan fingerprint density at radius 2 is 1.31 bits per heavy atom. The van der Waals surface area contributed by atoms with Gasteiger partial charge in [0.25, 0.3) is 0 Å². The predicted octanol–water partition coefficient (Wildman–Crippen LogP) is 3.24.